The van der Waals surface area contributed by atoms with E-state index in [1.165, 1.54) is 96.0 Å². The number of rotatable bonds is 6. The highest BCUT2D eigenvalue weighted by molar-refractivity contribution is 8.34. The van der Waals surface area contributed by atoms with E-state index in [1.807, 2.05) is 31.7 Å². The van der Waals surface area contributed by atoms with E-state index in [1.54, 1.807) is 9.79 Å². The molecule has 0 aromatic heterocycles. The van der Waals surface area contributed by atoms with Gasteiger partial charge in [0, 0.05) is 36.4 Å². The quantitative estimate of drug-likeness (QED) is 0.123. The van der Waals surface area contributed by atoms with Crippen molar-refractivity contribution in [2.24, 2.45) is 0 Å². The molecule has 1 saturated heterocycles. The fourth-order valence-corrected chi connectivity index (χ4v) is 15.1. The van der Waals surface area contributed by atoms with Crippen LogP contribution in [0.4, 0.5) is 28.4 Å². The molecule has 6 aromatic rings. The van der Waals surface area contributed by atoms with E-state index in [-0.39, 0.29) is 5.41 Å². The second kappa shape index (κ2) is 15.4. The lowest BCUT2D eigenvalue weighted by atomic mass is 9.80. The van der Waals surface area contributed by atoms with Crippen LogP contribution in [-0.4, -0.2) is 11.5 Å². The molecule has 0 atom stereocenters. The maximum atomic E-state index is 4.33. The summed E-state index contributed by atoms with van der Waals surface area (Å²) in [6, 6.07) is 51.8. The molecule has 6 aromatic carbocycles. The molecule has 3 heterocycles. The molecule has 0 amide bonds. The van der Waals surface area contributed by atoms with Gasteiger partial charge in [0.25, 0.3) is 0 Å². The van der Waals surface area contributed by atoms with Crippen molar-refractivity contribution in [3.8, 4) is 0 Å². The summed E-state index contributed by atoms with van der Waals surface area (Å²) >= 11 is 1.83. The molecule has 2 nitrogen and oxygen atoms in total. The summed E-state index contributed by atoms with van der Waals surface area (Å²) in [7, 11) is -0.990. The molecule has 1 spiro atoms. The molecule has 0 bridgehead atoms. The molecular formula is C54H52N2S2. The summed E-state index contributed by atoms with van der Waals surface area (Å²) < 4.78 is 0. The second-order valence-corrected chi connectivity index (χ2v) is 20.4. The maximum absolute atomic E-state index is 4.33. The van der Waals surface area contributed by atoms with Crippen molar-refractivity contribution in [3.63, 3.8) is 0 Å². The van der Waals surface area contributed by atoms with Gasteiger partial charge in [-0.1, -0.05) is 137 Å². The Labute approximate surface area is 351 Å². The van der Waals surface area contributed by atoms with E-state index in [9.17, 15) is 0 Å². The van der Waals surface area contributed by atoms with Gasteiger partial charge in [0.05, 0.1) is 22.7 Å². The summed E-state index contributed by atoms with van der Waals surface area (Å²) in [5.74, 6) is 2.62. The summed E-state index contributed by atoms with van der Waals surface area (Å²) in [5, 5.41) is 0. The Morgan fingerprint density at radius 1 is 0.655 bits per heavy atom. The predicted octanol–water partition coefficient (Wildman–Crippen LogP) is 16.1. The van der Waals surface area contributed by atoms with Gasteiger partial charge in [0.2, 0.25) is 0 Å². The fraction of sp³-hybridized carbons (Fsp3) is 0.185. The SMILES string of the molecule is C=C/C(=C\C1=C(C)c2ccc(/C=C/c3ccc(N4c5ccccc5S5(CCCC5)c5ccccc54)cc3)cc2C1(C)C)N1c2ccccc2Sc2ccccc21.CC. The Morgan fingerprint density at radius 2 is 1.17 bits per heavy atom. The average Bonchev–Trinajstić information content (AvgIpc) is 3.83. The first-order valence-electron chi connectivity index (χ1n) is 20.8. The number of fused-ring (bicyclic) bond motifs is 7. The molecule has 290 valence electrons. The highest BCUT2D eigenvalue weighted by atomic mass is 32.3. The highest BCUT2D eigenvalue weighted by Crippen LogP contribution is 2.74. The Balaban J connectivity index is 0.00000215. The number of allylic oxidation sites excluding steroid dienone is 4. The monoisotopic (exact) mass is 792 g/mol. The minimum atomic E-state index is -0.990. The van der Waals surface area contributed by atoms with Crippen LogP contribution in [0, 0.1) is 0 Å². The fourth-order valence-electron chi connectivity index (χ4n) is 9.54. The van der Waals surface area contributed by atoms with Crippen LogP contribution in [0.2, 0.25) is 0 Å². The molecule has 0 unspecified atom stereocenters. The normalized spacial score (nSPS) is 17.5. The van der Waals surface area contributed by atoms with Gasteiger partial charge in [-0.3, -0.25) is 0 Å². The Morgan fingerprint density at radius 3 is 1.76 bits per heavy atom. The number of hydrogen-bond donors (Lipinski definition) is 0. The first kappa shape index (κ1) is 38.1. The molecule has 1 fully saturated rings. The van der Waals surface area contributed by atoms with E-state index in [4.69, 9.17) is 0 Å². The molecule has 58 heavy (non-hydrogen) atoms. The first-order chi connectivity index (χ1) is 28.4. The molecule has 0 saturated carbocycles. The lowest BCUT2D eigenvalue weighted by Gasteiger charge is -2.47. The van der Waals surface area contributed by atoms with Gasteiger partial charge in [-0.05, 0) is 137 Å². The molecular weight excluding hydrogens is 741 g/mol. The van der Waals surface area contributed by atoms with E-state index >= 15 is 0 Å². The van der Waals surface area contributed by atoms with Crippen molar-refractivity contribution in [3.05, 3.63) is 192 Å². The van der Waals surface area contributed by atoms with Crippen LogP contribution in [0.15, 0.2) is 189 Å². The van der Waals surface area contributed by atoms with Crippen molar-refractivity contribution >= 4 is 68.0 Å². The summed E-state index contributed by atoms with van der Waals surface area (Å²) in [6.07, 6.45) is 11.6. The van der Waals surface area contributed by atoms with Crippen molar-refractivity contribution in [1.82, 2.24) is 0 Å². The maximum Gasteiger partial charge on any atom is 0.0601 e. The van der Waals surface area contributed by atoms with Gasteiger partial charge in [-0.15, -0.1) is 0 Å². The number of para-hydroxylation sites is 4. The zero-order valence-corrected chi connectivity index (χ0v) is 36.0. The van der Waals surface area contributed by atoms with Gasteiger partial charge < -0.3 is 9.80 Å². The van der Waals surface area contributed by atoms with Gasteiger partial charge in [0.15, 0.2) is 0 Å². The van der Waals surface area contributed by atoms with E-state index in [0.29, 0.717) is 0 Å². The third kappa shape index (κ3) is 6.20. The van der Waals surface area contributed by atoms with E-state index in [0.717, 1.165) is 5.70 Å². The van der Waals surface area contributed by atoms with Crippen LogP contribution in [0.1, 0.15) is 69.7 Å². The lowest BCUT2D eigenvalue weighted by Crippen LogP contribution is -2.21. The van der Waals surface area contributed by atoms with Crippen LogP contribution in [0.5, 0.6) is 0 Å². The highest BCUT2D eigenvalue weighted by Gasteiger charge is 2.41. The summed E-state index contributed by atoms with van der Waals surface area (Å²) in [5.41, 5.74) is 15.0. The van der Waals surface area contributed by atoms with Gasteiger partial charge in [-0.2, -0.15) is 10.0 Å². The lowest BCUT2D eigenvalue weighted by molar-refractivity contribution is 0.653. The first-order valence-corrected chi connectivity index (χ1v) is 23.6. The third-order valence-corrected chi connectivity index (χ3v) is 17.8. The molecule has 0 radical (unpaired) electrons. The molecule has 4 heteroatoms. The predicted molar refractivity (Wildman–Crippen MR) is 254 cm³/mol. The Hall–Kier alpha value is -5.42. The van der Waals surface area contributed by atoms with Crippen LogP contribution in [0.3, 0.4) is 0 Å². The van der Waals surface area contributed by atoms with Crippen molar-refractivity contribution < 1.29 is 0 Å². The smallest absolute Gasteiger partial charge is 0.0601 e. The molecule has 3 aliphatic heterocycles. The van der Waals surface area contributed by atoms with Crippen molar-refractivity contribution in [2.45, 2.75) is 72.5 Å². The molecule has 1 aliphatic carbocycles. The molecule has 10 rings (SSSR count). The Kier molecular flexibility index (Phi) is 10.1. The second-order valence-electron chi connectivity index (χ2n) is 15.8. The zero-order valence-electron chi connectivity index (χ0n) is 34.3. The van der Waals surface area contributed by atoms with Gasteiger partial charge in [-0.25, -0.2) is 0 Å². The standard InChI is InChI=1S/C52H46N2S2.C2H6/c1-5-39(53-44-16-6-10-20-48(44)55-49-21-11-7-17-45(49)53)35-42-36(2)41-31-28-38(34-43(41)52(42,3)4)25-24-37-26-29-40(30-27-37)54-46-18-8-12-22-50(46)56(32-14-15-33-56)51-23-13-9-19-47(51)54;1-2/h5-13,16-31,34-35H,1,14-15,32-33H2,2-4H3;1-2H3/b25-24+,39-35+;. The van der Waals surface area contributed by atoms with Crippen LogP contribution in [0.25, 0.3) is 17.7 Å². The van der Waals surface area contributed by atoms with Crippen LogP contribution in [-0.2, 0) is 5.41 Å². The minimum Gasteiger partial charge on any atom is -0.308 e. The molecule has 0 N–H and O–H groups in total. The average molecular weight is 793 g/mol. The summed E-state index contributed by atoms with van der Waals surface area (Å²) in [4.78, 5) is 10.5. The molecule has 4 aliphatic rings. The number of nitrogens with zero attached hydrogens (tertiary/aromatic N) is 2. The topological polar surface area (TPSA) is 6.48 Å². The minimum absolute atomic E-state index is 0.178. The van der Waals surface area contributed by atoms with Gasteiger partial charge >= 0.3 is 0 Å². The third-order valence-electron chi connectivity index (χ3n) is 12.3. The number of hydrogen-bond acceptors (Lipinski definition) is 3. The van der Waals surface area contributed by atoms with E-state index < -0.39 is 10.0 Å². The van der Waals surface area contributed by atoms with Crippen molar-refractivity contribution in [2.75, 3.05) is 21.3 Å². The van der Waals surface area contributed by atoms with Crippen LogP contribution >= 0.6 is 21.8 Å². The summed E-state index contributed by atoms with van der Waals surface area (Å²) in [6.45, 7) is 15.3. The van der Waals surface area contributed by atoms with Crippen molar-refractivity contribution in [1.29, 1.82) is 0 Å². The largest absolute Gasteiger partial charge is 0.308 e. The van der Waals surface area contributed by atoms with E-state index in [2.05, 4.69) is 195 Å². The zero-order chi connectivity index (χ0) is 40.0. The Bertz CT molecular complexity index is 2540. The number of benzene rings is 6. The number of anilines is 5. The van der Waals surface area contributed by atoms with Gasteiger partial charge in [0.1, 0.15) is 0 Å². The van der Waals surface area contributed by atoms with Crippen LogP contribution < -0.4 is 9.80 Å².